The van der Waals surface area contributed by atoms with Crippen molar-refractivity contribution in [3.8, 4) is 0 Å². The maximum absolute atomic E-state index is 12.8. The second-order valence-corrected chi connectivity index (χ2v) is 8.48. The minimum absolute atomic E-state index is 0.120. The van der Waals surface area contributed by atoms with Gasteiger partial charge in [0.05, 0.1) is 6.67 Å². The van der Waals surface area contributed by atoms with Gasteiger partial charge in [-0.15, -0.1) is 0 Å². The molecule has 26 heavy (non-hydrogen) atoms. The van der Waals surface area contributed by atoms with Crippen LogP contribution in [-0.4, -0.2) is 41.0 Å². The summed E-state index contributed by atoms with van der Waals surface area (Å²) in [4.78, 5) is 28.4. The number of nitrogens with zero attached hydrogens (tertiary/aromatic N) is 2. The fourth-order valence-electron chi connectivity index (χ4n) is 3.23. The lowest BCUT2D eigenvalue weighted by atomic mass is 9.92. The largest absolute Gasteiger partial charge is 0.326 e. The van der Waals surface area contributed by atoms with Gasteiger partial charge in [0.15, 0.2) is 0 Å². The summed E-state index contributed by atoms with van der Waals surface area (Å²) in [6.45, 7) is 11.4. The van der Waals surface area contributed by atoms with Crippen molar-refractivity contribution < 1.29 is 9.59 Å². The maximum Gasteiger partial charge on any atom is 0.326 e. The normalized spacial score (nSPS) is 20.6. The van der Waals surface area contributed by atoms with E-state index in [1.54, 1.807) is 0 Å². The summed E-state index contributed by atoms with van der Waals surface area (Å²) in [5, 5.41) is 2.89. The van der Waals surface area contributed by atoms with Gasteiger partial charge in [-0.1, -0.05) is 52.0 Å². The third-order valence-electron chi connectivity index (χ3n) is 5.05. The number of imide groups is 1. The maximum atomic E-state index is 12.8. The first-order valence-electron chi connectivity index (χ1n) is 9.54. The fourth-order valence-corrected chi connectivity index (χ4v) is 3.23. The van der Waals surface area contributed by atoms with Crippen molar-refractivity contribution in [2.45, 2.75) is 65.5 Å². The minimum Gasteiger partial charge on any atom is -0.323 e. The van der Waals surface area contributed by atoms with Crippen molar-refractivity contribution in [1.29, 1.82) is 0 Å². The van der Waals surface area contributed by atoms with Crippen LogP contribution in [0.4, 0.5) is 4.79 Å². The van der Waals surface area contributed by atoms with Gasteiger partial charge in [-0.05, 0) is 49.8 Å². The molecule has 1 atom stereocenters. The summed E-state index contributed by atoms with van der Waals surface area (Å²) >= 11 is 0. The van der Waals surface area contributed by atoms with Crippen molar-refractivity contribution >= 4 is 11.9 Å². The van der Waals surface area contributed by atoms with Gasteiger partial charge >= 0.3 is 6.03 Å². The van der Waals surface area contributed by atoms with Crippen LogP contribution >= 0.6 is 0 Å². The van der Waals surface area contributed by atoms with Crippen molar-refractivity contribution in [1.82, 2.24) is 15.1 Å². The standard InChI is InChI=1S/C21H33N3O2/c1-15(2)11-12-21(5)19(25)24(20(26)22-21)14-23(6)13-17-7-9-18(10-8-17)16(3)4/h7-10,15-16H,11-14H2,1-6H3,(H,22,26)/t21-/m0/s1. The predicted molar refractivity (Wildman–Crippen MR) is 105 cm³/mol. The summed E-state index contributed by atoms with van der Waals surface area (Å²) in [6.07, 6.45) is 1.58. The highest BCUT2D eigenvalue weighted by atomic mass is 16.2. The first kappa shape index (κ1) is 20.4. The van der Waals surface area contributed by atoms with E-state index in [9.17, 15) is 9.59 Å². The second kappa shape index (κ2) is 8.21. The smallest absolute Gasteiger partial charge is 0.323 e. The molecule has 0 spiro atoms. The van der Waals surface area contributed by atoms with Crippen LogP contribution in [-0.2, 0) is 11.3 Å². The monoisotopic (exact) mass is 359 g/mol. The lowest BCUT2D eigenvalue weighted by Gasteiger charge is -2.25. The summed E-state index contributed by atoms with van der Waals surface area (Å²) in [7, 11) is 1.93. The van der Waals surface area contributed by atoms with E-state index in [0.717, 1.165) is 6.42 Å². The summed E-state index contributed by atoms with van der Waals surface area (Å²) in [6, 6.07) is 8.23. The number of benzene rings is 1. The van der Waals surface area contributed by atoms with Crippen LogP contribution in [0.2, 0.25) is 0 Å². The van der Waals surface area contributed by atoms with E-state index in [0.29, 0.717) is 31.5 Å². The average molecular weight is 360 g/mol. The molecule has 1 saturated heterocycles. The molecule has 2 rings (SSSR count). The molecule has 0 aliphatic carbocycles. The molecule has 5 heteroatoms. The SMILES string of the molecule is CC(C)CC[C@]1(C)NC(=O)N(CN(C)Cc2ccc(C(C)C)cc2)C1=O. The first-order chi connectivity index (χ1) is 12.1. The molecule has 1 aliphatic heterocycles. The van der Waals surface area contributed by atoms with Gasteiger partial charge in [-0.25, -0.2) is 9.69 Å². The van der Waals surface area contributed by atoms with Crippen LogP contribution in [0.25, 0.3) is 0 Å². The van der Waals surface area contributed by atoms with E-state index in [1.165, 1.54) is 16.0 Å². The molecule has 1 aliphatic rings. The number of hydrogen-bond acceptors (Lipinski definition) is 3. The Hall–Kier alpha value is -1.88. The molecule has 0 saturated carbocycles. The number of amides is 3. The van der Waals surface area contributed by atoms with Crippen molar-refractivity contribution in [3.63, 3.8) is 0 Å². The molecular formula is C21H33N3O2. The van der Waals surface area contributed by atoms with E-state index in [2.05, 4.69) is 57.3 Å². The first-order valence-corrected chi connectivity index (χ1v) is 9.54. The van der Waals surface area contributed by atoms with Crippen LogP contribution in [0.15, 0.2) is 24.3 Å². The van der Waals surface area contributed by atoms with Gasteiger partial charge in [0.1, 0.15) is 5.54 Å². The molecule has 5 nitrogen and oxygen atoms in total. The molecule has 1 heterocycles. The van der Waals surface area contributed by atoms with Crippen molar-refractivity contribution in [2.24, 2.45) is 5.92 Å². The number of urea groups is 1. The van der Waals surface area contributed by atoms with Crippen molar-refractivity contribution in [3.05, 3.63) is 35.4 Å². The van der Waals surface area contributed by atoms with Crippen LogP contribution in [0, 0.1) is 5.92 Å². The quantitative estimate of drug-likeness (QED) is 0.715. The Morgan fingerprint density at radius 2 is 1.73 bits per heavy atom. The van der Waals surface area contributed by atoms with E-state index in [1.807, 2.05) is 18.9 Å². The van der Waals surface area contributed by atoms with Gasteiger partial charge < -0.3 is 5.32 Å². The van der Waals surface area contributed by atoms with Crippen molar-refractivity contribution in [2.75, 3.05) is 13.7 Å². The molecule has 1 fully saturated rings. The summed E-state index contributed by atoms with van der Waals surface area (Å²) < 4.78 is 0. The molecule has 0 bridgehead atoms. The van der Waals surface area contributed by atoms with E-state index < -0.39 is 5.54 Å². The fraction of sp³-hybridized carbons (Fsp3) is 0.619. The molecule has 0 aromatic heterocycles. The number of rotatable bonds is 8. The van der Waals surface area contributed by atoms with Gasteiger partial charge in [-0.3, -0.25) is 9.69 Å². The Labute approximate surface area is 157 Å². The number of hydrogen-bond donors (Lipinski definition) is 1. The number of nitrogens with one attached hydrogen (secondary N) is 1. The highest BCUT2D eigenvalue weighted by molar-refractivity contribution is 6.06. The van der Waals surface area contributed by atoms with Gasteiger partial charge in [0, 0.05) is 6.54 Å². The molecule has 1 N–H and O–H groups in total. The molecule has 0 unspecified atom stereocenters. The Morgan fingerprint density at radius 1 is 1.12 bits per heavy atom. The zero-order chi connectivity index (χ0) is 19.5. The Kier molecular flexibility index (Phi) is 6.45. The third kappa shape index (κ3) is 4.85. The van der Waals surface area contributed by atoms with Crippen LogP contribution < -0.4 is 5.32 Å². The summed E-state index contributed by atoms with van der Waals surface area (Å²) in [5.74, 6) is 0.892. The Morgan fingerprint density at radius 3 is 2.27 bits per heavy atom. The van der Waals surface area contributed by atoms with Gasteiger partial charge in [-0.2, -0.15) is 0 Å². The summed E-state index contributed by atoms with van der Waals surface area (Å²) in [5.41, 5.74) is 1.71. The van der Waals surface area contributed by atoms with Crippen LogP contribution in [0.5, 0.6) is 0 Å². The molecule has 144 valence electrons. The highest BCUT2D eigenvalue weighted by Crippen LogP contribution is 2.25. The second-order valence-electron chi connectivity index (χ2n) is 8.48. The lowest BCUT2D eigenvalue weighted by molar-refractivity contribution is -0.132. The Balaban J connectivity index is 1.96. The molecular weight excluding hydrogens is 326 g/mol. The third-order valence-corrected chi connectivity index (χ3v) is 5.05. The molecule has 1 aromatic rings. The number of carbonyl (C=O) groups is 2. The molecule has 3 amide bonds. The molecule has 0 radical (unpaired) electrons. The highest BCUT2D eigenvalue weighted by Gasteiger charge is 2.47. The lowest BCUT2D eigenvalue weighted by Crippen LogP contribution is -2.45. The van der Waals surface area contributed by atoms with Crippen LogP contribution in [0.1, 0.15) is 64.5 Å². The van der Waals surface area contributed by atoms with E-state index >= 15 is 0 Å². The van der Waals surface area contributed by atoms with Gasteiger partial charge in [0.25, 0.3) is 5.91 Å². The average Bonchev–Trinajstić information content (AvgIpc) is 2.77. The zero-order valence-electron chi connectivity index (χ0n) is 17.0. The minimum atomic E-state index is -0.777. The van der Waals surface area contributed by atoms with E-state index in [-0.39, 0.29) is 11.9 Å². The number of carbonyl (C=O) groups excluding carboxylic acids is 2. The predicted octanol–water partition coefficient (Wildman–Crippen LogP) is 3.95. The zero-order valence-corrected chi connectivity index (χ0v) is 17.0. The van der Waals surface area contributed by atoms with E-state index in [4.69, 9.17) is 0 Å². The molecule has 1 aromatic carbocycles. The van der Waals surface area contributed by atoms with Gasteiger partial charge in [0.2, 0.25) is 0 Å². The topological polar surface area (TPSA) is 52.7 Å². The van der Waals surface area contributed by atoms with Crippen LogP contribution in [0.3, 0.4) is 0 Å². The Bertz CT molecular complexity index is 639.